The summed E-state index contributed by atoms with van der Waals surface area (Å²) in [4.78, 5) is 4.19. The summed E-state index contributed by atoms with van der Waals surface area (Å²) >= 11 is 0. The summed E-state index contributed by atoms with van der Waals surface area (Å²) in [6.45, 7) is 2.14. The summed E-state index contributed by atoms with van der Waals surface area (Å²) in [5.74, 6) is 7.76. The van der Waals surface area contributed by atoms with Crippen molar-refractivity contribution in [2.24, 2.45) is 0 Å². The second-order valence-corrected chi connectivity index (χ2v) is 5.12. The van der Waals surface area contributed by atoms with Crippen LogP contribution in [0, 0.1) is 11.8 Å². The molecule has 2 heteroatoms. The van der Waals surface area contributed by atoms with E-state index in [9.17, 15) is 0 Å². The van der Waals surface area contributed by atoms with Gasteiger partial charge in [-0.15, -0.1) is 0 Å². The maximum atomic E-state index is 5.77. The third-order valence-corrected chi connectivity index (χ3v) is 3.41. The number of aryl methyl sites for hydroxylation is 1. The molecule has 1 aromatic heterocycles. The molecule has 0 aliphatic heterocycles. The van der Waals surface area contributed by atoms with Crippen LogP contribution in [0.1, 0.15) is 23.6 Å². The fourth-order valence-electron chi connectivity index (χ4n) is 2.14. The molecule has 0 aliphatic carbocycles. The van der Waals surface area contributed by atoms with E-state index in [0.29, 0.717) is 5.75 Å². The first-order valence-electron chi connectivity index (χ1n) is 7.62. The van der Waals surface area contributed by atoms with E-state index >= 15 is 0 Å². The molecule has 0 saturated heterocycles. The van der Waals surface area contributed by atoms with Gasteiger partial charge in [0.25, 0.3) is 0 Å². The minimum atomic E-state index is 0.685. The Bertz CT molecular complexity index is 827. The van der Waals surface area contributed by atoms with Gasteiger partial charge in [-0.05, 0) is 42.3 Å². The van der Waals surface area contributed by atoms with Gasteiger partial charge in [0.1, 0.15) is 11.5 Å². The molecule has 0 bridgehead atoms. The van der Waals surface area contributed by atoms with Crippen molar-refractivity contribution in [3.8, 4) is 23.3 Å². The van der Waals surface area contributed by atoms with Crippen LogP contribution in [0.5, 0.6) is 11.5 Å². The molecule has 2 nitrogen and oxygen atoms in total. The van der Waals surface area contributed by atoms with Gasteiger partial charge in [-0.3, -0.25) is 4.98 Å². The average molecular weight is 299 g/mol. The molecule has 0 fully saturated rings. The van der Waals surface area contributed by atoms with Gasteiger partial charge >= 0.3 is 0 Å². The predicted molar refractivity (Wildman–Crippen MR) is 92.6 cm³/mol. The molecule has 0 radical (unpaired) electrons. The Kier molecular flexibility index (Phi) is 4.71. The highest BCUT2D eigenvalue weighted by Gasteiger charge is 1.98. The standard InChI is InChI=1S/C21H17NO/c1-2-17-8-10-18(11-9-17)12-13-19-14-21(16-22-15-19)23-20-6-4-3-5-7-20/h3-11,14-16H,2H2,1H3. The molecule has 2 aromatic carbocycles. The molecule has 0 aliphatic rings. The number of hydrogen-bond acceptors (Lipinski definition) is 2. The van der Waals surface area contributed by atoms with Crippen LogP contribution in [0.2, 0.25) is 0 Å². The van der Waals surface area contributed by atoms with Crippen LogP contribution in [-0.4, -0.2) is 4.98 Å². The summed E-state index contributed by atoms with van der Waals surface area (Å²) < 4.78 is 5.77. The van der Waals surface area contributed by atoms with Crippen molar-refractivity contribution < 1.29 is 4.74 Å². The number of rotatable bonds is 3. The lowest BCUT2D eigenvalue weighted by molar-refractivity contribution is 0.480. The minimum absolute atomic E-state index is 0.685. The van der Waals surface area contributed by atoms with E-state index in [0.717, 1.165) is 23.3 Å². The predicted octanol–water partition coefficient (Wildman–Crippen LogP) is 4.84. The number of benzene rings is 2. The van der Waals surface area contributed by atoms with Crippen molar-refractivity contribution in [1.82, 2.24) is 4.98 Å². The lowest BCUT2D eigenvalue weighted by Gasteiger charge is -2.04. The Hall–Kier alpha value is -3.05. The maximum absolute atomic E-state index is 5.77. The zero-order chi connectivity index (χ0) is 15.9. The van der Waals surface area contributed by atoms with Crippen molar-refractivity contribution in [1.29, 1.82) is 0 Å². The van der Waals surface area contributed by atoms with E-state index < -0.39 is 0 Å². The van der Waals surface area contributed by atoms with E-state index in [4.69, 9.17) is 4.74 Å². The van der Waals surface area contributed by atoms with Gasteiger partial charge in [0.15, 0.2) is 0 Å². The third-order valence-electron chi connectivity index (χ3n) is 3.41. The van der Waals surface area contributed by atoms with E-state index in [1.165, 1.54) is 5.56 Å². The van der Waals surface area contributed by atoms with Gasteiger partial charge in [0.05, 0.1) is 6.20 Å². The topological polar surface area (TPSA) is 22.1 Å². The van der Waals surface area contributed by atoms with Gasteiger partial charge in [0.2, 0.25) is 0 Å². The number of aromatic nitrogens is 1. The summed E-state index contributed by atoms with van der Waals surface area (Å²) in [6, 6.07) is 19.9. The monoisotopic (exact) mass is 299 g/mol. The molecule has 0 spiro atoms. The fourth-order valence-corrected chi connectivity index (χ4v) is 2.14. The number of hydrogen-bond donors (Lipinski definition) is 0. The van der Waals surface area contributed by atoms with E-state index in [1.54, 1.807) is 12.4 Å². The quantitative estimate of drug-likeness (QED) is 0.646. The van der Waals surface area contributed by atoms with Crippen LogP contribution in [0.15, 0.2) is 73.1 Å². The van der Waals surface area contributed by atoms with E-state index in [-0.39, 0.29) is 0 Å². The van der Waals surface area contributed by atoms with Crippen LogP contribution in [0.4, 0.5) is 0 Å². The first-order chi connectivity index (χ1) is 11.3. The second-order valence-electron chi connectivity index (χ2n) is 5.12. The summed E-state index contributed by atoms with van der Waals surface area (Å²) in [5, 5.41) is 0. The lowest BCUT2D eigenvalue weighted by atomic mass is 10.1. The summed E-state index contributed by atoms with van der Waals surface area (Å²) in [5.41, 5.74) is 3.14. The van der Waals surface area contributed by atoms with Crippen molar-refractivity contribution in [3.05, 3.63) is 89.7 Å². The first kappa shape index (κ1) is 14.9. The Labute approximate surface area is 136 Å². The fraction of sp³-hybridized carbons (Fsp3) is 0.0952. The largest absolute Gasteiger partial charge is 0.456 e. The Morgan fingerprint density at radius 2 is 1.57 bits per heavy atom. The second kappa shape index (κ2) is 7.29. The molecule has 23 heavy (non-hydrogen) atoms. The molecule has 0 N–H and O–H groups in total. The first-order valence-corrected chi connectivity index (χ1v) is 7.62. The molecule has 3 rings (SSSR count). The van der Waals surface area contributed by atoms with Gasteiger partial charge in [0, 0.05) is 17.3 Å². The molecule has 0 saturated carbocycles. The van der Waals surface area contributed by atoms with Gasteiger partial charge < -0.3 is 4.74 Å². The number of nitrogens with zero attached hydrogens (tertiary/aromatic N) is 1. The molecule has 0 atom stereocenters. The van der Waals surface area contributed by atoms with Crippen molar-refractivity contribution in [2.45, 2.75) is 13.3 Å². The van der Waals surface area contributed by atoms with Crippen molar-refractivity contribution in [2.75, 3.05) is 0 Å². The highest BCUT2D eigenvalue weighted by molar-refractivity contribution is 5.44. The zero-order valence-corrected chi connectivity index (χ0v) is 13.0. The Morgan fingerprint density at radius 1 is 0.826 bits per heavy atom. The lowest BCUT2D eigenvalue weighted by Crippen LogP contribution is -1.86. The van der Waals surface area contributed by atoms with Gasteiger partial charge in [-0.1, -0.05) is 49.1 Å². The van der Waals surface area contributed by atoms with E-state index in [1.807, 2.05) is 48.5 Å². The average Bonchev–Trinajstić information content (AvgIpc) is 2.62. The highest BCUT2D eigenvalue weighted by atomic mass is 16.5. The highest BCUT2D eigenvalue weighted by Crippen LogP contribution is 2.20. The SMILES string of the molecule is CCc1ccc(C#Cc2cncc(Oc3ccccc3)c2)cc1. The normalized spacial score (nSPS) is 9.78. The van der Waals surface area contributed by atoms with Crippen LogP contribution < -0.4 is 4.74 Å². The number of ether oxygens (including phenoxy) is 1. The molecular formula is C21H17NO. The van der Waals surface area contributed by atoms with Gasteiger partial charge in [-0.25, -0.2) is 0 Å². The van der Waals surface area contributed by atoms with Crippen LogP contribution >= 0.6 is 0 Å². The van der Waals surface area contributed by atoms with Crippen LogP contribution in [0.25, 0.3) is 0 Å². The number of para-hydroxylation sites is 1. The molecule has 1 heterocycles. The van der Waals surface area contributed by atoms with Crippen molar-refractivity contribution in [3.63, 3.8) is 0 Å². The Balaban J connectivity index is 1.76. The third kappa shape index (κ3) is 4.21. The van der Waals surface area contributed by atoms with Gasteiger partial charge in [-0.2, -0.15) is 0 Å². The molecular weight excluding hydrogens is 282 g/mol. The smallest absolute Gasteiger partial charge is 0.146 e. The summed E-state index contributed by atoms with van der Waals surface area (Å²) in [6.07, 6.45) is 4.47. The minimum Gasteiger partial charge on any atom is -0.456 e. The zero-order valence-electron chi connectivity index (χ0n) is 13.0. The number of pyridine rings is 1. The van der Waals surface area contributed by atoms with E-state index in [2.05, 4.69) is 35.9 Å². The maximum Gasteiger partial charge on any atom is 0.146 e. The molecule has 0 amide bonds. The summed E-state index contributed by atoms with van der Waals surface area (Å²) in [7, 11) is 0. The molecule has 3 aromatic rings. The molecule has 0 unspecified atom stereocenters. The van der Waals surface area contributed by atoms with Crippen LogP contribution in [-0.2, 0) is 6.42 Å². The Morgan fingerprint density at radius 3 is 2.30 bits per heavy atom. The molecule has 112 valence electrons. The van der Waals surface area contributed by atoms with Crippen LogP contribution in [0.3, 0.4) is 0 Å². The van der Waals surface area contributed by atoms with Crippen molar-refractivity contribution >= 4 is 0 Å².